The van der Waals surface area contributed by atoms with E-state index in [0.717, 1.165) is 11.3 Å². The molecule has 2 aromatic carbocycles. The third-order valence-electron chi connectivity index (χ3n) is 2.95. The van der Waals surface area contributed by atoms with E-state index in [1.165, 1.54) is 0 Å². The minimum atomic E-state index is -0.0543. The fraction of sp³-hybridized carbons (Fsp3) is 0.188. The molecular weight excluding hydrogens is 272 g/mol. The molecule has 1 atom stereocenters. The van der Waals surface area contributed by atoms with Crippen LogP contribution in [0.4, 0.5) is 5.69 Å². The molecule has 4 heteroatoms. The van der Waals surface area contributed by atoms with E-state index in [0.29, 0.717) is 5.02 Å². The van der Waals surface area contributed by atoms with Crippen LogP contribution in [0.2, 0.25) is 5.02 Å². The summed E-state index contributed by atoms with van der Waals surface area (Å²) in [6, 6.07) is 17.2. The Labute approximate surface area is 124 Å². The Kier molecular flexibility index (Phi) is 5.02. The second-order valence-electron chi connectivity index (χ2n) is 4.56. The summed E-state index contributed by atoms with van der Waals surface area (Å²) >= 11 is 5.88. The summed E-state index contributed by atoms with van der Waals surface area (Å²) in [7, 11) is 0. The van der Waals surface area contributed by atoms with Crippen LogP contribution in [0.5, 0.6) is 0 Å². The van der Waals surface area contributed by atoms with Crippen molar-refractivity contribution in [3.05, 3.63) is 65.2 Å². The molecule has 2 rings (SSSR count). The number of carbonyl (C=O) groups is 1. The molecule has 0 heterocycles. The van der Waals surface area contributed by atoms with Crippen molar-refractivity contribution in [1.82, 2.24) is 5.32 Å². The molecule has 1 amide bonds. The van der Waals surface area contributed by atoms with Crippen LogP contribution in [0.3, 0.4) is 0 Å². The summed E-state index contributed by atoms with van der Waals surface area (Å²) in [5.41, 5.74) is 1.92. The van der Waals surface area contributed by atoms with Gasteiger partial charge < -0.3 is 10.6 Å². The number of nitrogens with one attached hydrogen (secondary N) is 2. The predicted octanol–water partition coefficient (Wildman–Crippen LogP) is 3.63. The zero-order valence-corrected chi connectivity index (χ0v) is 12.0. The zero-order chi connectivity index (χ0) is 14.4. The first kappa shape index (κ1) is 14.4. The second kappa shape index (κ2) is 6.96. The van der Waals surface area contributed by atoms with Crippen molar-refractivity contribution in [1.29, 1.82) is 0 Å². The van der Waals surface area contributed by atoms with E-state index in [9.17, 15) is 4.79 Å². The molecule has 0 aliphatic heterocycles. The van der Waals surface area contributed by atoms with Crippen molar-refractivity contribution in [2.75, 3.05) is 11.9 Å². The van der Waals surface area contributed by atoms with Gasteiger partial charge in [-0.25, -0.2) is 0 Å². The van der Waals surface area contributed by atoms with E-state index in [2.05, 4.69) is 10.6 Å². The third-order valence-corrected chi connectivity index (χ3v) is 3.19. The lowest BCUT2D eigenvalue weighted by Crippen LogP contribution is -2.32. The van der Waals surface area contributed by atoms with E-state index in [-0.39, 0.29) is 18.5 Å². The van der Waals surface area contributed by atoms with Crippen molar-refractivity contribution in [2.45, 2.75) is 13.0 Å². The van der Waals surface area contributed by atoms with Gasteiger partial charge in [0.15, 0.2) is 0 Å². The number of hydrogen-bond donors (Lipinski definition) is 2. The van der Waals surface area contributed by atoms with Gasteiger partial charge in [-0.1, -0.05) is 48.0 Å². The van der Waals surface area contributed by atoms with Crippen molar-refractivity contribution in [3.8, 4) is 0 Å². The average Bonchev–Trinajstić information content (AvgIpc) is 2.46. The van der Waals surface area contributed by atoms with Crippen LogP contribution in [0.15, 0.2) is 54.6 Å². The molecular formula is C16H17ClN2O. The number of halogens is 1. The van der Waals surface area contributed by atoms with Crippen molar-refractivity contribution in [3.63, 3.8) is 0 Å². The Morgan fingerprint density at radius 3 is 2.60 bits per heavy atom. The molecule has 0 aromatic heterocycles. The third kappa shape index (κ3) is 4.28. The predicted molar refractivity (Wildman–Crippen MR) is 82.9 cm³/mol. The largest absolute Gasteiger partial charge is 0.376 e. The van der Waals surface area contributed by atoms with Gasteiger partial charge in [-0.3, -0.25) is 4.79 Å². The molecule has 0 fully saturated rings. The molecule has 2 aromatic rings. The molecule has 2 N–H and O–H groups in total. The molecule has 0 spiro atoms. The molecule has 104 valence electrons. The number of amides is 1. The van der Waals surface area contributed by atoms with Gasteiger partial charge in [0, 0.05) is 10.7 Å². The first-order valence-corrected chi connectivity index (χ1v) is 6.86. The summed E-state index contributed by atoms with van der Waals surface area (Å²) in [6.07, 6.45) is 0. The van der Waals surface area contributed by atoms with E-state index >= 15 is 0 Å². The lowest BCUT2D eigenvalue weighted by atomic mass is 10.1. The van der Waals surface area contributed by atoms with E-state index in [4.69, 9.17) is 11.6 Å². The summed E-state index contributed by atoms with van der Waals surface area (Å²) in [5.74, 6) is -0.0543. The molecule has 0 saturated heterocycles. The first-order chi connectivity index (χ1) is 9.65. The maximum atomic E-state index is 11.9. The van der Waals surface area contributed by atoms with E-state index in [1.54, 1.807) is 12.1 Å². The zero-order valence-electron chi connectivity index (χ0n) is 11.3. The number of anilines is 1. The minimum absolute atomic E-state index is 0.00939. The van der Waals surface area contributed by atoms with Crippen LogP contribution in [0, 0.1) is 0 Å². The first-order valence-electron chi connectivity index (χ1n) is 6.49. The fourth-order valence-corrected chi connectivity index (χ4v) is 2.09. The van der Waals surface area contributed by atoms with Crippen LogP contribution in [-0.4, -0.2) is 12.5 Å². The Balaban J connectivity index is 1.84. The Bertz CT molecular complexity index is 572. The van der Waals surface area contributed by atoms with Gasteiger partial charge in [-0.15, -0.1) is 0 Å². The number of hydrogen-bond acceptors (Lipinski definition) is 2. The number of rotatable bonds is 5. The lowest BCUT2D eigenvalue weighted by Gasteiger charge is -2.15. The van der Waals surface area contributed by atoms with Crippen molar-refractivity contribution >= 4 is 23.2 Å². The van der Waals surface area contributed by atoms with Crippen LogP contribution in [0.1, 0.15) is 18.5 Å². The Hall–Kier alpha value is -2.00. The molecule has 0 saturated carbocycles. The van der Waals surface area contributed by atoms with Gasteiger partial charge in [-0.05, 0) is 30.7 Å². The molecule has 0 aliphatic carbocycles. The van der Waals surface area contributed by atoms with Gasteiger partial charge in [0.25, 0.3) is 0 Å². The molecule has 20 heavy (non-hydrogen) atoms. The maximum absolute atomic E-state index is 11.9. The topological polar surface area (TPSA) is 41.1 Å². The van der Waals surface area contributed by atoms with Gasteiger partial charge in [0.2, 0.25) is 5.91 Å². The van der Waals surface area contributed by atoms with Crippen LogP contribution in [-0.2, 0) is 4.79 Å². The Morgan fingerprint density at radius 1 is 1.15 bits per heavy atom. The van der Waals surface area contributed by atoms with Gasteiger partial charge in [0.1, 0.15) is 0 Å². The highest BCUT2D eigenvalue weighted by Gasteiger charge is 2.08. The maximum Gasteiger partial charge on any atom is 0.239 e. The smallest absolute Gasteiger partial charge is 0.239 e. The van der Waals surface area contributed by atoms with Gasteiger partial charge >= 0.3 is 0 Å². The second-order valence-corrected chi connectivity index (χ2v) is 5.00. The molecule has 1 unspecified atom stereocenters. The highest BCUT2D eigenvalue weighted by Crippen LogP contribution is 2.15. The van der Waals surface area contributed by atoms with Gasteiger partial charge in [0.05, 0.1) is 12.6 Å². The highest BCUT2D eigenvalue weighted by atomic mass is 35.5. The monoisotopic (exact) mass is 288 g/mol. The molecule has 3 nitrogen and oxygen atoms in total. The fourth-order valence-electron chi connectivity index (χ4n) is 1.90. The van der Waals surface area contributed by atoms with Crippen LogP contribution >= 0.6 is 11.6 Å². The van der Waals surface area contributed by atoms with E-state index in [1.807, 2.05) is 49.4 Å². The molecule has 0 bridgehead atoms. The molecule has 0 aliphatic rings. The summed E-state index contributed by atoms with van der Waals surface area (Å²) in [5, 5.41) is 6.64. The highest BCUT2D eigenvalue weighted by molar-refractivity contribution is 6.30. The van der Waals surface area contributed by atoms with Crippen LogP contribution in [0.25, 0.3) is 0 Å². The lowest BCUT2D eigenvalue weighted by molar-refractivity contribution is -0.120. The number of benzene rings is 2. The van der Waals surface area contributed by atoms with Crippen LogP contribution < -0.4 is 10.6 Å². The Morgan fingerprint density at radius 2 is 1.90 bits per heavy atom. The van der Waals surface area contributed by atoms with Crippen molar-refractivity contribution in [2.24, 2.45) is 0 Å². The quantitative estimate of drug-likeness (QED) is 0.882. The standard InChI is InChI=1S/C16H17ClN2O/c1-12(13-6-3-2-4-7-13)19-16(20)11-18-15-9-5-8-14(17)10-15/h2-10,12,18H,11H2,1H3,(H,19,20). The normalized spacial score (nSPS) is 11.7. The van der Waals surface area contributed by atoms with E-state index < -0.39 is 0 Å². The summed E-state index contributed by atoms with van der Waals surface area (Å²) in [6.45, 7) is 2.18. The number of carbonyl (C=O) groups excluding carboxylic acids is 1. The summed E-state index contributed by atoms with van der Waals surface area (Å²) < 4.78 is 0. The summed E-state index contributed by atoms with van der Waals surface area (Å²) in [4.78, 5) is 11.9. The molecule has 0 radical (unpaired) electrons. The van der Waals surface area contributed by atoms with Crippen molar-refractivity contribution < 1.29 is 4.79 Å². The SMILES string of the molecule is CC(NC(=O)CNc1cccc(Cl)c1)c1ccccc1. The minimum Gasteiger partial charge on any atom is -0.376 e. The average molecular weight is 289 g/mol. The van der Waals surface area contributed by atoms with Gasteiger partial charge in [-0.2, -0.15) is 0 Å².